The molecule has 0 radical (unpaired) electrons. The van der Waals surface area contributed by atoms with E-state index in [1.165, 1.54) is 19.1 Å². The number of hydrogen-bond acceptors (Lipinski definition) is 7. The number of aromatic amines is 1. The fraction of sp³-hybridized carbons (Fsp3) is 0.615. The van der Waals surface area contributed by atoms with Gasteiger partial charge in [0.15, 0.2) is 11.3 Å². The molecule has 3 N–H and O–H groups in total. The summed E-state index contributed by atoms with van der Waals surface area (Å²) in [4.78, 5) is 37.9. The standard InChI is InChI=1S/C26H28F7N7O3/c1-13-17(40-43-39-13)21(41)37-18(14-4-6-24(27,28)7-5-14)20-35-15-2-3-16(36-19(15)38-20)23(8-10-25(29,30)11-9-23)22(42)34-12-26(31,32)33/h2-3,14,18H,4-12H2,1H3,(H,34,42)(H,37,41)(H,35,36,38)/t18-/m0/s1. The average Bonchev–Trinajstić information content (AvgIpc) is 3.56. The van der Waals surface area contributed by atoms with E-state index in [9.17, 15) is 40.3 Å². The normalized spacial score (nSPS) is 20.9. The van der Waals surface area contributed by atoms with Gasteiger partial charge in [-0.25, -0.2) is 32.2 Å². The van der Waals surface area contributed by atoms with Crippen molar-refractivity contribution in [3.05, 3.63) is 35.0 Å². The lowest BCUT2D eigenvalue weighted by molar-refractivity contribution is -0.145. The van der Waals surface area contributed by atoms with Crippen molar-refractivity contribution in [2.45, 2.75) is 87.8 Å². The Bertz CT molecular complexity index is 1480. The van der Waals surface area contributed by atoms with Crippen LogP contribution in [0, 0.1) is 12.8 Å². The van der Waals surface area contributed by atoms with Crippen LogP contribution in [0.2, 0.25) is 0 Å². The summed E-state index contributed by atoms with van der Waals surface area (Å²) in [5, 5.41) is 11.7. The highest BCUT2D eigenvalue weighted by molar-refractivity contribution is 5.93. The van der Waals surface area contributed by atoms with E-state index in [1.54, 1.807) is 0 Å². The van der Waals surface area contributed by atoms with Crippen molar-refractivity contribution in [1.82, 2.24) is 35.9 Å². The van der Waals surface area contributed by atoms with Crippen molar-refractivity contribution in [3.8, 4) is 0 Å². The van der Waals surface area contributed by atoms with Crippen LogP contribution in [-0.4, -0.2) is 61.6 Å². The zero-order valence-corrected chi connectivity index (χ0v) is 22.8. The number of aromatic nitrogens is 5. The Morgan fingerprint density at radius 3 is 2.26 bits per heavy atom. The van der Waals surface area contributed by atoms with E-state index in [0.717, 1.165) is 0 Å². The van der Waals surface area contributed by atoms with Gasteiger partial charge in [-0.2, -0.15) is 13.2 Å². The third-order valence-electron chi connectivity index (χ3n) is 8.26. The molecule has 2 saturated carbocycles. The Morgan fingerprint density at radius 1 is 1.00 bits per heavy atom. The Kier molecular flexibility index (Phi) is 7.88. The molecule has 2 fully saturated rings. The number of alkyl halides is 7. The summed E-state index contributed by atoms with van der Waals surface area (Å²) in [6.45, 7) is -0.142. The van der Waals surface area contributed by atoms with E-state index in [2.05, 4.69) is 35.2 Å². The maximum atomic E-state index is 14.1. The smallest absolute Gasteiger partial charge is 0.346 e. The summed E-state index contributed by atoms with van der Waals surface area (Å²) in [5.41, 5.74) is -1.38. The van der Waals surface area contributed by atoms with Gasteiger partial charge in [0.25, 0.3) is 5.91 Å². The highest BCUT2D eigenvalue weighted by Gasteiger charge is 2.50. The molecule has 17 heteroatoms. The minimum absolute atomic E-state index is 0.00695. The molecule has 0 spiro atoms. The lowest BCUT2D eigenvalue weighted by Crippen LogP contribution is -2.50. The fourth-order valence-corrected chi connectivity index (χ4v) is 5.77. The van der Waals surface area contributed by atoms with Gasteiger partial charge in [-0.1, -0.05) is 5.16 Å². The third-order valence-corrected chi connectivity index (χ3v) is 8.26. The van der Waals surface area contributed by atoms with Crippen LogP contribution < -0.4 is 10.6 Å². The predicted octanol–water partition coefficient (Wildman–Crippen LogP) is 5.07. The van der Waals surface area contributed by atoms with Gasteiger partial charge in [-0.05, 0) is 55.8 Å². The molecular formula is C26H28F7N7O3. The SMILES string of the molecule is Cc1nonc1C(=O)N[C@H](c1nc2nc(C3(C(=O)NCC(F)(F)F)CCC(F)(F)CC3)ccc2[nH]1)C1CCC(F)(F)CC1. The van der Waals surface area contributed by atoms with Crippen LogP contribution in [0.5, 0.6) is 0 Å². The maximum Gasteiger partial charge on any atom is 0.405 e. The third kappa shape index (κ3) is 6.59. The van der Waals surface area contributed by atoms with Gasteiger partial charge in [0.05, 0.1) is 22.7 Å². The number of carbonyl (C=O) groups excluding carboxylic acids is 2. The minimum atomic E-state index is -4.72. The van der Waals surface area contributed by atoms with Crippen LogP contribution >= 0.6 is 0 Å². The molecule has 2 amide bonds. The Labute approximate surface area is 239 Å². The Balaban J connectivity index is 1.49. The fourth-order valence-electron chi connectivity index (χ4n) is 5.77. The molecule has 0 saturated heterocycles. The van der Waals surface area contributed by atoms with Crippen LogP contribution in [0.1, 0.15) is 85.1 Å². The topological polar surface area (TPSA) is 139 Å². The number of nitrogens with zero attached hydrogens (tertiary/aromatic N) is 4. The molecule has 1 atom stereocenters. The highest BCUT2D eigenvalue weighted by Crippen LogP contribution is 2.46. The molecular weight excluding hydrogens is 591 g/mol. The van der Waals surface area contributed by atoms with Gasteiger partial charge in [0.1, 0.15) is 18.1 Å². The summed E-state index contributed by atoms with van der Waals surface area (Å²) in [6.07, 6.45) is -7.76. The molecule has 0 unspecified atom stereocenters. The molecule has 10 nitrogen and oxygen atoms in total. The van der Waals surface area contributed by atoms with Gasteiger partial charge >= 0.3 is 6.18 Å². The van der Waals surface area contributed by atoms with Crippen molar-refractivity contribution in [1.29, 1.82) is 0 Å². The number of hydrogen-bond donors (Lipinski definition) is 3. The summed E-state index contributed by atoms with van der Waals surface area (Å²) < 4.78 is 99.2. The first-order valence-corrected chi connectivity index (χ1v) is 13.7. The second-order valence-electron chi connectivity index (χ2n) is 11.3. The van der Waals surface area contributed by atoms with Crippen LogP contribution in [0.4, 0.5) is 30.7 Å². The monoisotopic (exact) mass is 619 g/mol. The van der Waals surface area contributed by atoms with Gasteiger partial charge in [0, 0.05) is 25.7 Å². The lowest BCUT2D eigenvalue weighted by atomic mass is 9.69. The first-order valence-electron chi connectivity index (χ1n) is 13.7. The van der Waals surface area contributed by atoms with Crippen LogP contribution in [-0.2, 0) is 10.2 Å². The van der Waals surface area contributed by atoms with Crippen molar-refractivity contribution in [2.24, 2.45) is 5.92 Å². The van der Waals surface area contributed by atoms with E-state index in [1.807, 2.05) is 5.32 Å². The van der Waals surface area contributed by atoms with Crippen molar-refractivity contribution in [3.63, 3.8) is 0 Å². The minimum Gasteiger partial charge on any atom is -0.346 e. The second kappa shape index (κ2) is 11.0. The highest BCUT2D eigenvalue weighted by atomic mass is 19.4. The molecule has 234 valence electrons. The summed E-state index contributed by atoms with van der Waals surface area (Å²) in [5.74, 6) is -8.00. The number of H-pyrrole nitrogens is 1. The quantitative estimate of drug-likeness (QED) is 0.314. The van der Waals surface area contributed by atoms with Gasteiger partial charge < -0.3 is 15.6 Å². The number of amides is 2. The van der Waals surface area contributed by atoms with E-state index in [-0.39, 0.29) is 41.4 Å². The van der Waals surface area contributed by atoms with E-state index in [0.29, 0.717) is 5.52 Å². The van der Waals surface area contributed by atoms with E-state index >= 15 is 0 Å². The first-order chi connectivity index (χ1) is 20.1. The molecule has 5 rings (SSSR count). The van der Waals surface area contributed by atoms with Crippen molar-refractivity contribution >= 4 is 23.0 Å². The van der Waals surface area contributed by atoms with Crippen LogP contribution in [0.3, 0.4) is 0 Å². The number of halogens is 7. The van der Waals surface area contributed by atoms with E-state index in [4.69, 9.17) is 0 Å². The van der Waals surface area contributed by atoms with Gasteiger partial charge in [-0.3, -0.25) is 9.59 Å². The molecule has 3 aromatic heterocycles. The second-order valence-corrected chi connectivity index (χ2v) is 11.3. The Morgan fingerprint density at radius 2 is 1.65 bits per heavy atom. The predicted molar refractivity (Wildman–Crippen MR) is 134 cm³/mol. The van der Waals surface area contributed by atoms with Crippen LogP contribution in [0.15, 0.2) is 16.8 Å². The average molecular weight is 620 g/mol. The number of rotatable bonds is 7. The molecule has 0 bridgehead atoms. The van der Waals surface area contributed by atoms with Crippen LogP contribution in [0.25, 0.3) is 11.2 Å². The molecule has 43 heavy (non-hydrogen) atoms. The Hall–Kier alpha value is -3.79. The summed E-state index contributed by atoms with van der Waals surface area (Å²) in [7, 11) is 0. The molecule has 3 heterocycles. The molecule has 2 aliphatic rings. The summed E-state index contributed by atoms with van der Waals surface area (Å²) >= 11 is 0. The number of fused-ring (bicyclic) bond motifs is 1. The molecule has 2 aliphatic carbocycles. The van der Waals surface area contributed by atoms with Crippen molar-refractivity contribution < 1.29 is 45.0 Å². The zero-order valence-electron chi connectivity index (χ0n) is 22.8. The molecule has 3 aromatic rings. The number of pyridine rings is 1. The van der Waals surface area contributed by atoms with Gasteiger partial charge in [-0.15, -0.1) is 0 Å². The van der Waals surface area contributed by atoms with E-state index < -0.39 is 92.3 Å². The molecule has 0 aromatic carbocycles. The number of aryl methyl sites for hydroxylation is 1. The summed E-state index contributed by atoms with van der Waals surface area (Å²) in [6, 6.07) is 1.91. The number of imidazole rings is 1. The number of carbonyl (C=O) groups is 2. The first kappa shape index (κ1) is 30.7. The maximum absolute atomic E-state index is 14.1. The zero-order chi connectivity index (χ0) is 31.2. The van der Waals surface area contributed by atoms with Crippen molar-refractivity contribution in [2.75, 3.05) is 6.54 Å². The van der Waals surface area contributed by atoms with Gasteiger partial charge in [0.2, 0.25) is 17.8 Å². The number of nitrogens with one attached hydrogen (secondary N) is 3. The molecule has 0 aliphatic heterocycles. The lowest BCUT2D eigenvalue weighted by Gasteiger charge is -2.38. The largest absolute Gasteiger partial charge is 0.405 e.